The highest BCUT2D eigenvalue weighted by atomic mass is 16.7. The molecule has 2 aromatic carbocycles. The molecule has 1 atom stereocenters. The Kier molecular flexibility index (Phi) is 5.77. The number of fused-ring (bicyclic) bond motifs is 1. The summed E-state index contributed by atoms with van der Waals surface area (Å²) in [5, 5.41) is 6.79. The SMILES string of the molecule is CN=C(NCc1ccc2c(c1)OCO2)NC(C)CCc1ccccc1. The van der Waals surface area contributed by atoms with E-state index in [2.05, 4.69) is 46.8 Å². The molecule has 0 saturated heterocycles. The van der Waals surface area contributed by atoms with Crippen molar-refractivity contribution in [1.29, 1.82) is 0 Å². The predicted octanol–water partition coefficient (Wildman–Crippen LogP) is 3.10. The first-order valence-electron chi connectivity index (χ1n) is 8.64. The summed E-state index contributed by atoms with van der Waals surface area (Å²) in [6.45, 7) is 3.16. The Balaban J connectivity index is 1.46. The van der Waals surface area contributed by atoms with Crippen LogP contribution in [0.15, 0.2) is 53.5 Å². The Morgan fingerprint density at radius 2 is 1.88 bits per heavy atom. The molecule has 0 spiro atoms. The standard InChI is InChI=1S/C20H25N3O2/c1-15(8-9-16-6-4-3-5-7-16)23-20(21-2)22-13-17-10-11-18-19(12-17)25-14-24-18/h3-7,10-12,15H,8-9,13-14H2,1-2H3,(H2,21,22,23). The Morgan fingerprint density at radius 1 is 1.08 bits per heavy atom. The molecule has 2 N–H and O–H groups in total. The number of aryl methyl sites for hydroxylation is 1. The summed E-state index contributed by atoms with van der Waals surface area (Å²) in [5.74, 6) is 2.41. The molecule has 3 rings (SSSR count). The van der Waals surface area contributed by atoms with Crippen molar-refractivity contribution in [2.75, 3.05) is 13.8 Å². The van der Waals surface area contributed by atoms with E-state index in [0.29, 0.717) is 19.4 Å². The van der Waals surface area contributed by atoms with Gasteiger partial charge in [-0.2, -0.15) is 0 Å². The van der Waals surface area contributed by atoms with Crippen LogP contribution in [0.3, 0.4) is 0 Å². The third-order valence-corrected chi connectivity index (χ3v) is 4.21. The highest BCUT2D eigenvalue weighted by molar-refractivity contribution is 5.79. The Hall–Kier alpha value is -2.69. The molecule has 2 aromatic rings. The largest absolute Gasteiger partial charge is 0.454 e. The van der Waals surface area contributed by atoms with Crippen LogP contribution in [-0.2, 0) is 13.0 Å². The number of rotatable bonds is 6. The van der Waals surface area contributed by atoms with Crippen molar-refractivity contribution in [2.24, 2.45) is 4.99 Å². The third-order valence-electron chi connectivity index (χ3n) is 4.21. The monoisotopic (exact) mass is 339 g/mol. The summed E-state index contributed by atoms with van der Waals surface area (Å²) in [6, 6.07) is 16.9. The molecule has 0 radical (unpaired) electrons. The molecule has 1 heterocycles. The lowest BCUT2D eigenvalue weighted by Gasteiger charge is -2.18. The average molecular weight is 339 g/mol. The van der Waals surface area contributed by atoms with Gasteiger partial charge in [0.15, 0.2) is 17.5 Å². The molecule has 0 aliphatic carbocycles. The molecule has 132 valence electrons. The Morgan fingerprint density at radius 3 is 2.68 bits per heavy atom. The van der Waals surface area contributed by atoms with Crippen molar-refractivity contribution in [1.82, 2.24) is 10.6 Å². The van der Waals surface area contributed by atoms with Gasteiger partial charge in [0.1, 0.15) is 0 Å². The maximum absolute atomic E-state index is 5.41. The third kappa shape index (κ3) is 4.89. The van der Waals surface area contributed by atoms with Gasteiger partial charge in [-0.15, -0.1) is 0 Å². The Bertz CT molecular complexity index is 716. The van der Waals surface area contributed by atoms with Crippen LogP contribution in [0.4, 0.5) is 0 Å². The van der Waals surface area contributed by atoms with E-state index in [9.17, 15) is 0 Å². The molecule has 1 unspecified atom stereocenters. The van der Waals surface area contributed by atoms with E-state index in [1.165, 1.54) is 5.56 Å². The summed E-state index contributed by atoms with van der Waals surface area (Å²) in [7, 11) is 1.79. The van der Waals surface area contributed by atoms with E-state index < -0.39 is 0 Å². The molecular weight excluding hydrogens is 314 g/mol. The van der Waals surface area contributed by atoms with Crippen molar-refractivity contribution < 1.29 is 9.47 Å². The lowest BCUT2D eigenvalue weighted by atomic mass is 10.1. The van der Waals surface area contributed by atoms with Crippen LogP contribution in [0.1, 0.15) is 24.5 Å². The van der Waals surface area contributed by atoms with Gasteiger partial charge in [-0.1, -0.05) is 36.4 Å². The van der Waals surface area contributed by atoms with E-state index in [-0.39, 0.29) is 0 Å². The zero-order valence-corrected chi connectivity index (χ0v) is 14.8. The molecule has 5 heteroatoms. The summed E-state index contributed by atoms with van der Waals surface area (Å²) >= 11 is 0. The van der Waals surface area contributed by atoms with Gasteiger partial charge in [0.05, 0.1) is 0 Å². The fourth-order valence-electron chi connectivity index (χ4n) is 2.76. The highest BCUT2D eigenvalue weighted by Gasteiger charge is 2.13. The highest BCUT2D eigenvalue weighted by Crippen LogP contribution is 2.32. The van der Waals surface area contributed by atoms with Crippen LogP contribution < -0.4 is 20.1 Å². The van der Waals surface area contributed by atoms with Crippen molar-refractivity contribution >= 4 is 5.96 Å². The molecule has 1 aliphatic heterocycles. The molecule has 5 nitrogen and oxygen atoms in total. The van der Waals surface area contributed by atoms with E-state index in [1.807, 2.05) is 24.3 Å². The summed E-state index contributed by atoms with van der Waals surface area (Å²) in [6.07, 6.45) is 2.10. The summed E-state index contributed by atoms with van der Waals surface area (Å²) in [4.78, 5) is 4.31. The van der Waals surface area contributed by atoms with Crippen molar-refractivity contribution in [3.8, 4) is 11.5 Å². The van der Waals surface area contributed by atoms with Crippen LogP contribution in [0, 0.1) is 0 Å². The summed E-state index contributed by atoms with van der Waals surface area (Å²) in [5.41, 5.74) is 2.49. The predicted molar refractivity (Wildman–Crippen MR) is 100 cm³/mol. The second-order valence-corrected chi connectivity index (χ2v) is 6.18. The van der Waals surface area contributed by atoms with Gasteiger partial charge in [-0.3, -0.25) is 4.99 Å². The van der Waals surface area contributed by atoms with Crippen LogP contribution in [0.2, 0.25) is 0 Å². The molecule has 0 bridgehead atoms. The van der Waals surface area contributed by atoms with Crippen LogP contribution in [0.25, 0.3) is 0 Å². The van der Waals surface area contributed by atoms with E-state index >= 15 is 0 Å². The van der Waals surface area contributed by atoms with Crippen molar-refractivity contribution in [3.63, 3.8) is 0 Å². The smallest absolute Gasteiger partial charge is 0.231 e. The van der Waals surface area contributed by atoms with Crippen LogP contribution >= 0.6 is 0 Å². The first-order valence-corrected chi connectivity index (χ1v) is 8.64. The number of hydrogen-bond donors (Lipinski definition) is 2. The van der Waals surface area contributed by atoms with Gasteiger partial charge < -0.3 is 20.1 Å². The number of benzene rings is 2. The molecule has 0 aromatic heterocycles. The molecule has 0 saturated carbocycles. The van der Waals surface area contributed by atoms with Gasteiger partial charge in [0.2, 0.25) is 6.79 Å². The minimum absolute atomic E-state index is 0.300. The second kappa shape index (κ2) is 8.42. The van der Waals surface area contributed by atoms with Crippen LogP contribution in [-0.4, -0.2) is 25.8 Å². The molecule has 0 fully saturated rings. The molecule has 0 amide bonds. The minimum atomic E-state index is 0.300. The van der Waals surface area contributed by atoms with Gasteiger partial charge in [0.25, 0.3) is 0 Å². The topological polar surface area (TPSA) is 54.9 Å². The van der Waals surface area contributed by atoms with Crippen LogP contribution in [0.5, 0.6) is 11.5 Å². The normalized spacial score (nSPS) is 14.2. The molecule has 1 aliphatic rings. The zero-order chi connectivity index (χ0) is 17.5. The molecule has 25 heavy (non-hydrogen) atoms. The van der Waals surface area contributed by atoms with Crippen molar-refractivity contribution in [2.45, 2.75) is 32.4 Å². The molecular formula is C20H25N3O2. The van der Waals surface area contributed by atoms with Gasteiger partial charge in [-0.25, -0.2) is 0 Å². The Labute approximate surface area is 149 Å². The quantitative estimate of drug-likeness (QED) is 0.627. The van der Waals surface area contributed by atoms with Gasteiger partial charge >= 0.3 is 0 Å². The number of ether oxygens (including phenoxy) is 2. The lowest BCUT2D eigenvalue weighted by molar-refractivity contribution is 0.174. The fraction of sp³-hybridized carbons (Fsp3) is 0.350. The number of nitrogens with zero attached hydrogens (tertiary/aromatic N) is 1. The first-order chi connectivity index (χ1) is 12.2. The van der Waals surface area contributed by atoms with Gasteiger partial charge in [-0.05, 0) is 43.0 Å². The van der Waals surface area contributed by atoms with E-state index in [0.717, 1.165) is 35.9 Å². The van der Waals surface area contributed by atoms with Gasteiger partial charge in [0, 0.05) is 19.6 Å². The fourth-order valence-corrected chi connectivity index (χ4v) is 2.76. The number of nitrogens with one attached hydrogen (secondary N) is 2. The lowest BCUT2D eigenvalue weighted by Crippen LogP contribution is -2.42. The van der Waals surface area contributed by atoms with Crippen molar-refractivity contribution in [3.05, 3.63) is 59.7 Å². The maximum atomic E-state index is 5.41. The van der Waals surface area contributed by atoms with E-state index in [1.54, 1.807) is 7.05 Å². The second-order valence-electron chi connectivity index (χ2n) is 6.18. The zero-order valence-electron chi connectivity index (χ0n) is 14.8. The maximum Gasteiger partial charge on any atom is 0.231 e. The number of guanidine groups is 1. The van der Waals surface area contributed by atoms with E-state index in [4.69, 9.17) is 9.47 Å². The average Bonchev–Trinajstić information content (AvgIpc) is 3.12. The minimum Gasteiger partial charge on any atom is -0.454 e. The number of aliphatic imine (C=N–C) groups is 1. The first kappa shape index (κ1) is 17.1. The number of hydrogen-bond acceptors (Lipinski definition) is 3. The summed E-state index contributed by atoms with van der Waals surface area (Å²) < 4.78 is 10.8.